The number of allylic oxidation sites excluding steroid dienone is 2. The average Bonchev–Trinajstić information content (AvgIpc) is 3.05. The normalized spacial score (nSPS) is 23.7. The van der Waals surface area contributed by atoms with E-state index in [1.807, 2.05) is 0 Å². The fraction of sp³-hybridized carbons (Fsp3) is 0.912. The molecule has 0 radical (unpaired) electrons. The van der Waals surface area contributed by atoms with Crippen LogP contribution in [0.4, 0.5) is 0 Å². The Kier molecular flexibility index (Phi) is 24.8. The van der Waals surface area contributed by atoms with E-state index >= 15 is 0 Å². The van der Waals surface area contributed by atoms with Gasteiger partial charge in [-0.05, 0) is 38.5 Å². The Bertz CT molecular complexity index is 952. The highest BCUT2D eigenvalue weighted by molar-refractivity contribution is 7.80. The van der Waals surface area contributed by atoms with Crippen LogP contribution in [0.5, 0.6) is 0 Å². The summed E-state index contributed by atoms with van der Waals surface area (Å²) in [5.41, 5.74) is 0. The minimum absolute atomic E-state index is 0.246. The molecule has 48 heavy (non-hydrogen) atoms. The van der Waals surface area contributed by atoms with Gasteiger partial charge >= 0.3 is 10.4 Å². The third-order valence-electron chi connectivity index (χ3n) is 8.68. The first-order valence-electron chi connectivity index (χ1n) is 18.2. The predicted octanol–water partition coefficient (Wildman–Crippen LogP) is 3.84. The van der Waals surface area contributed by atoms with Gasteiger partial charge in [0, 0.05) is 0 Å². The third-order valence-corrected chi connectivity index (χ3v) is 9.15. The number of unbranched alkanes of at least 4 members (excludes halogenated alkanes) is 14. The Labute approximate surface area is 288 Å². The van der Waals surface area contributed by atoms with E-state index in [4.69, 9.17) is 14.0 Å². The molecule has 1 aliphatic heterocycles. The Balaban J connectivity index is 2.72. The Morgan fingerprint density at radius 2 is 1.33 bits per heavy atom. The molecule has 0 aromatic carbocycles. The first kappa shape index (κ1) is 44.8. The Morgan fingerprint density at radius 3 is 1.92 bits per heavy atom. The number of nitrogens with one attached hydrogen (secondary N) is 1. The second-order valence-electron chi connectivity index (χ2n) is 12.9. The van der Waals surface area contributed by atoms with Crippen molar-refractivity contribution in [3.05, 3.63) is 12.2 Å². The van der Waals surface area contributed by atoms with Crippen LogP contribution < -0.4 is 5.32 Å². The van der Waals surface area contributed by atoms with Crippen LogP contribution in [0.3, 0.4) is 0 Å². The monoisotopic (exact) mass is 711 g/mol. The van der Waals surface area contributed by atoms with Gasteiger partial charge in [-0.15, -0.1) is 0 Å². The van der Waals surface area contributed by atoms with Crippen molar-refractivity contribution in [3.63, 3.8) is 0 Å². The lowest BCUT2D eigenvalue weighted by Crippen LogP contribution is -2.61. The number of amides is 1. The maximum atomic E-state index is 12.9. The lowest BCUT2D eigenvalue weighted by molar-refractivity contribution is -0.298. The molecule has 284 valence electrons. The fourth-order valence-corrected chi connectivity index (χ4v) is 6.20. The Hall–Kier alpha value is -1.20. The van der Waals surface area contributed by atoms with Crippen molar-refractivity contribution in [2.24, 2.45) is 0 Å². The molecule has 1 saturated heterocycles. The molecule has 1 amide bonds. The van der Waals surface area contributed by atoms with E-state index in [1.165, 1.54) is 38.5 Å². The number of aliphatic hydroxyl groups is 5. The van der Waals surface area contributed by atoms with Crippen LogP contribution in [0.1, 0.15) is 136 Å². The highest BCUT2D eigenvalue weighted by Crippen LogP contribution is 2.26. The van der Waals surface area contributed by atoms with Crippen molar-refractivity contribution in [1.82, 2.24) is 5.32 Å². The zero-order chi connectivity index (χ0) is 35.8. The Morgan fingerprint density at radius 1 is 0.812 bits per heavy atom. The summed E-state index contributed by atoms with van der Waals surface area (Å²) in [5.74, 6) is -0.685. The van der Waals surface area contributed by atoms with E-state index in [0.29, 0.717) is 19.3 Å². The minimum Gasteiger partial charge on any atom is -0.394 e. The number of carbonyl (C=O) groups excluding carboxylic acids is 1. The molecule has 1 fully saturated rings. The molecule has 0 aromatic rings. The summed E-state index contributed by atoms with van der Waals surface area (Å²) in [5, 5.41) is 54.7. The van der Waals surface area contributed by atoms with Gasteiger partial charge in [0.1, 0.15) is 30.5 Å². The van der Waals surface area contributed by atoms with Gasteiger partial charge in [-0.1, -0.05) is 109 Å². The van der Waals surface area contributed by atoms with Crippen LogP contribution in [-0.2, 0) is 28.9 Å². The summed E-state index contributed by atoms with van der Waals surface area (Å²) in [6, 6.07) is -1.03. The second kappa shape index (κ2) is 26.6. The minimum atomic E-state index is -5.10. The molecule has 8 atom stereocenters. The van der Waals surface area contributed by atoms with Gasteiger partial charge in [0.05, 0.1) is 25.4 Å². The number of carbonyl (C=O) groups is 1. The molecular formula is C34H65NO12S. The van der Waals surface area contributed by atoms with Gasteiger partial charge in [-0.2, -0.15) is 8.42 Å². The number of hydrogen-bond donors (Lipinski definition) is 7. The quantitative estimate of drug-likeness (QED) is 0.0335. The van der Waals surface area contributed by atoms with Gasteiger partial charge in [0.25, 0.3) is 0 Å². The van der Waals surface area contributed by atoms with E-state index in [9.17, 15) is 38.7 Å². The van der Waals surface area contributed by atoms with Crippen molar-refractivity contribution in [3.8, 4) is 0 Å². The summed E-state index contributed by atoms with van der Waals surface area (Å²) in [4.78, 5) is 12.9. The standard InChI is InChI=1S/C34H65NO12S/c1-3-5-7-9-11-13-14-15-17-19-21-23-28(38)33(41)35-26(27(37)22-20-18-16-12-10-8-6-4-2)25-45-34-31(40)32(47-48(42,43)44)30(39)29(24-36)46-34/h11,13,26-32,34,36-40H,3-10,12,14-25H2,1-2H3,(H,35,41)(H,42,43,44)/b13-11-. The van der Waals surface area contributed by atoms with Crippen LogP contribution in [0.2, 0.25) is 0 Å². The van der Waals surface area contributed by atoms with Crippen LogP contribution in [0.15, 0.2) is 12.2 Å². The van der Waals surface area contributed by atoms with Crippen molar-refractivity contribution in [2.75, 3.05) is 13.2 Å². The maximum Gasteiger partial charge on any atom is 0.397 e. The number of hydrogen-bond acceptors (Lipinski definition) is 11. The van der Waals surface area contributed by atoms with Crippen LogP contribution in [-0.4, -0.2) is 107 Å². The number of rotatable bonds is 29. The highest BCUT2D eigenvalue weighted by atomic mass is 32.3. The molecule has 0 aromatic heterocycles. The molecule has 13 nitrogen and oxygen atoms in total. The number of ether oxygens (including phenoxy) is 2. The molecular weight excluding hydrogens is 646 g/mol. The van der Waals surface area contributed by atoms with Gasteiger partial charge in [-0.25, -0.2) is 4.18 Å². The summed E-state index contributed by atoms with van der Waals surface area (Å²) in [7, 11) is -5.10. The first-order valence-corrected chi connectivity index (χ1v) is 19.5. The van der Waals surface area contributed by atoms with Gasteiger partial charge in [0.2, 0.25) is 5.91 Å². The zero-order valence-corrected chi connectivity index (χ0v) is 30.0. The zero-order valence-electron chi connectivity index (χ0n) is 29.2. The lowest BCUT2D eigenvalue weighted by atomic mass is 9.99. The smallest absolute Gasteiger partial charge is 0.394 e. The van der Waals surface area contributed by atoms with Crippen LogP contribution in [0.25, 0.3) is 0 Å². The maximum absolute atomic E-state index is 12.9. The van der Waals surface area contributed by atoms with Crippen LogP contribution in [0, 0.1) is 0 Å². The molecule has 8 unspecified atom stereocenters. The molecule has 0 aliphatic carbocycles. The van der Waals surface area contributed by atoms with E-state index in [0.717, 1.165) is 57.8 Å². The largest absolute Gasteiger partial charge is 0.397 e. The van der Waals surface area contributed by atoms with Crippen molar-refractivity contribution in [2.45, 2.75) is 185 Å². The van der Waals surface area contributed by atoms with Gasteiger partial charge < -0.3 is 40.3 Å². The fourth-order valence-electron chi connectivity index (χ4n) is 5.69. The summed E-state index contributed by atoms with van der Waals surface area (Å²) < 4.78 is 47.1. The second-order valence-corrected chi connectivity index (χ2v) is 14.0. The van der Waals surface area contributed by atoms with Gasteiger partial charge in [0.15, 0.2) is 6.29 Å². The topological polar surface area (TPSA) is 212 Å². The average molecular weight is 712 g/mol. The molecule has 1 rings (SSSR count). The van der Waals surface area contributed by atoms with E-state index in [-0.39, 0.29) is 6.42 Å². The SMILES string of the molecule is CCCCC/C=C\CCCCCCC(O)C(=O)NC(COC1OC(CO)C(O)C(OS(=O)(=O)O)C1O)C(O)CCCCCCCCCC. The summed E-state index contributed by atoms with van der Waals surface area (Å²) in [6.45, 7) is 3.14. The molecule has 7 N–H and O–H groups in total. The lowest BCUT2D eigenvalue weighted by Gasteiger charge is -2.41. The molecule has 0 spiro atoms. The first-order chi connectivity index (χ1) is 22.9. The predicted molar refractivity (Wildman–Crippen MR) is 182 cm³/mol. The van der Waals surface area contributed by atoms with Crippen molar-refractivity contribution in [1.29, 1.82) is 0 Å². The summed E-state index contributed by atoms with van der Waals surface area (Å²) in [6.07, 6.45) is 11.6. The third kappa shape index (κ3) is 19.9. The van der Waals surface area contributed by atoms with Crippen molar-refractivity contribution < 1.29 is 57.0 Å². The molecule has 0 bridgehead atoms. The van der Waals surface area contributed by atoms with Crippen LogP contribution >= 0.6 is 0 Å². The number of aliphatic hydroxyl groups excluding tert-OH is 5. The molecule has 14 heteroatoms. The summed E-state index contributed by atoms with van der Waals surface area (Å²) >= 11 is 0. The molecule has 1 aliphatic rings. The van der Waals surface area contributed by atoms with E-state index in [2.05, 4.69) is 35.5 Å². The molecule has 1 heterocycles. The molecule has 0 saturated carbocycles. The van der Waals surface area contributed by atoms with E-state index in [1.54, 1.807) is 0 Å². The van der Waals surface area contributed by atoms with Gasteiger partial charge in [-0.3, -0.25) is 9.35 Å². The van der Waals surface area contributed by atoms with E-state index < -0.39 is 78.5 Å². The van der Waals surface area contributed by atoms with Crippen molar-refractivity contribution >= 4 is 16.3 Å². The highest BCUT2D eigenvalue weighted by Gasteiger charge is 2.48.